The lowest BCUT2D eigenvalue weighted by atomic mass is 9.81. The molecule has 1 saturated heterocycles. The van der Waals surface area contributed by atoms with Gasteiger partial charge in [0.25, 0.3) is 0 Å². The lowest BCUT2D eigenvalue weighted by molar-refractivity contribution is -0.0169. The number of hydrogen-bond acceptors (Lipinski definition) is 5. The molecule has 1 atom stereocenters. The number of carbonyl (C=O) groups is 1. The summed E-state index contributed by atoms with van der Waals surface area (Å²) >= 11 is 0. The van der Waals surface area contributed by atoms with Crippen molar-refractivity contribution in [1.29, 1.82) is 0 Å². The maximum atomic E-state index is 12.1. The summed E-state index contributed by atoms with van der Waals surface area (Å²) in [5.41, 5.74) is -0.638. The molecule has 0 aliphatic carbocycles. The zero-order valence-corrected chi connectivity index (χ0v) is 15.9. The van der Waals surface area contributed by atoms with E-state index in [4.69, 9.17) is 14.0 Å². The molecule has 0 radical (unpaired) electrons. The molecule has 1 aromatic heterocycles. The number of aromatic nitrogens is 2. The fourth-order valence-electron chi connectivity index (χ4n) is 2.67. The molecule has 2 rings (SSSR count). The molecule has 1 unspecified atom stereocenters. The summed E-state index contributed by atoms with van der Waals surface area (Å²) in [6.45, 7) is 13.8. The summed E-state index contributed by atoms with van der Waals surface area (Å²) in [4.78, 5) is 12.1. The Morgan fingerprint density at radius 3 is 2.58 bits per heavy atom. The first-order chi connectivity index (χ1) is 11.0. The van der Waals surface area contributed by atoms with Crippen LogP contribution in [-0.4, -0.2) is 39.8 Å². The van der Waals surface area contributed by atoms with Crippen LogP contribution in [0.3, 0.4) is 0 Å². The average Bonchev–Trinajstić information content (AvgIpc) is 2.99. The van der Waals surface area contributed by atoms with E-state index in [0.29, 0.717) is 5.46 Å². The van der Waals surface area contributed by atoms with Crippen LogP contribution in [0.1, 0.15) is 67.7 Å². The third-order valence-corrected chi connectivity index (χ3v) is 4.51. The maximum absolute atomic E-state index is 12.1. The molecule has 6 nitrogen and oxygen atoms in total. The van der Waals surface area contributed by atoms with Crippen molar-refractivity contribution in [2.45, 2.75) is 84.5 Å². The third kappa shape index (κ3) is 4.01. The predicted octanol–water partition coefficient (Wildman–Crippen LogP) is 3.14. The fraction of sp³-hybridized carbons (Fsp3) is 0.765. The van der Waals surface area contributed by atoms with Crippen LogP contribution in [0.25, 0.3) is 0 Å². The Bertz CT molecular complexity index is 594. The third-order valence-electron chi connectivity index (χ3n) is 4.51. The van der Waals surface area contributed by atoms with Crippen molar-refractivity contribution in [1.82, 2.24) is 9.78 Å². The number of carbonyl (C=O) groups excluding carboxylic acids is 1. The molecular weight excluding hydrogens is 307 g/mol. The second-order valence-electron chi connectivity index (χ2n) is 8.11. The quantitative estimate of drug-likeness (QED) is 0.791. The molecule has 1 aliphatic rings. The van der Waals surface area contributed by atoms with E-state index in [0.717, 1.165) is 19.3 Å². The van der Waals surface area contributed by atoms with Gasteiger partial charge in [-0.2, -0.15) is 9.78 Å². The van der Waals surface area contributed by atoms with Gasteiger partial charge in [0, 0.05) is 17.9 Å². The average molecular weight is 336 g/mol. The lowest BCUT2D eigenvalue weighted by Crippen LogP contribution is -2.44. The van der Waals surface area contributed by atoms with E-state index in [1.807, 2.05) is 34.6 Å². The van der Waals surface area contributed by atoms with Crippen molar-refractivity contribution in [3.8, 4) is 0 Å². The molecule has 0 saturated carbocycles. The van der Waals surface area contributed by atoms with Gasteiger partial charge in [-0.05, 0) is 48.0 Å². The summed E-state index contributed by atoms with van der Waals surface area (Å²) < 4.78 is 18.8. The summed E-state index contributed by atoms with van der Waals surface area (Å²) in [5, 5.41) is 4.08. The van der Waals surface area contributed by atoms with Gasteiger partial charge >= 0.3 is 13.2 Å². The first-order valence-electron chi connectivity index (χ1n) is 8.61. The summed E-state index contributed by atoms with van der Waals surface area (Å²) in [7, 11) is -0.530. The van der Waals surface area contributed by atoms with Gasteiger partial charge < -0.3 is 14.0 Å². The Balaban J connectivity index is 2.12. The maximum Gasteiger partial charge on any atom is 0.498 e. The Hall–Kier alpha value is -1.34. The summed E-state index contributed by atoms with van der Waals surface area (Å²) in [6, 6.07) is 0. The molecule has 1 aliphatic heterocycles. The van der Waals surface area contributed by atoms with Crippen LogP contribution in [0.15, 0.2) is 12.4 Å². The van der Waals surface area contributed by atoms with Gasteiger partial charge in [0.2, 0.25) is 0 Å². The highest BCUT2D eigenvalue weighted by molar-refractivity contribution is 6.62. The van der Waals surface area contributed by atoms with Crippen LogP contribution in [0.2, 0.25) is 0 Å². The number of nitrogens with zero attached hydrogens (tertiary/aromatic N) is 2. The fourth-order valence-corrected chi connectivity index (χ4v) is 2.67. The van der Waals surface area contributed by atoms with Crippen molar-refractivity contribution >= 4 is 18.7 Å². The van der Waals surface area contributed by atoms with Gasteiger partial charge in [0.05, 0.1) is 11.2 Å². The van der Waals surface area contributed by atoms with Crippen molar-refractivity contribution in [2.75, 3.05) is 0 Å². The molecule has 1 aromatic rings. The molecule has 7 heteroatoms. The minimum absolute atomic E-state index is 0.373. The first kappa shape index (κ1) is 19.0. The van der Waals surface area contributed by atoms with Crippen LogP contribution < -0.4 is 5.46 Å². The van der Waals surface area contributed by atoms with E-state index in [1.165, 1.54) is 4.68 Å². The Labute approximate surface area is 145 Å². The SMILES string of the molecule is CCCCC1(C)OB(c2cnn(C(=O)OC(C)(C)C)c2)OC1(C)C. The van der Waals surface area contributed by atoms with Crippen LogP contribution in [0, 0.1) is 0 Å². The van der Waals surface area contributed by atoms with Gasteiger partial charge in [-0.3, -0.25) is 0 Å². The highest BCUT2D eigenvalue weighted by atomic mass is 16.7. The van der Waals surface area contributed by atoms with Gasteiger partial charge in [-0.25, -0.2) is 4.79 Å². The Kier molecular flexibility index (Phi) is 5.16. The van der Waals surface area contributed by atoms with Crippen LogP contribution in [0.4, 0.5) is 4.79 Å². The van der Waals surface area contributed by atoms with E-state index >= 15 is 0 Å². The number of unbranched alkanes of at least 4 members (excludes halogenated alkanes) is 1. The van der Waals surface area contributed by atoms with Crippen molar-refractivity contribution in [3.05, 3.63) is 12.4 Å². The normalized spacial score (nSPS) is 23.5. The van der Waals surface area contributed by atoms with Gasteiger partial charge in [0.1, 0.15) is 5.60 Å². The molecule has 0 spiro atoms. The summed E-state index contributed by atoms with van der Waals surface area (Å²) in [6.07, 6.45) is 5.80. The molecule has 0 bridgehead atoms. The monoisotopic (exact) mass is 336 g/mol. The highest BCUT2D eigenvalue weighted by Gasteiger charge is 2.54. The molecule has 2 heterocycles. The van der Waals surface area contributed by atoms with E-state index < -0.39 is 24.4 Å². The van der Waals surface area contributed by atoms with Gasteiger partial charge in [-0.1, -0.05) is 19.8 Å². The van der Waals surface area contributed by atoms with Crippen molar-refractivity contribution in [3.63, 3.8) is 0 Å². The lowest BCUT2D eigenvalue weighted by Gasteiger charge is -2.36. The Morgan fingerprint density at radius 1 is 1.33 bits per heavy atom. The minimum Gasteiger partial charge on any atom is -0.442 e. The van der Waals surface area contributed by atoms with Crippen molar-refractivity contribution in [2.24, 2.45) is 0 Å². The van der Waals surface area contributed by atoms with E-state index in [2.05, 4.69) is 18.9 Å². The summed E-state index contributed by atoms with van der Waals surface area (Å²) in [5.74, 6) is 0. The van der Waals surface area contributed by atoms with Gasteiger partial charge in [0.15, 0.2) is 0 Å². The molecule has 24 heavy (non-hydrogen) atoms. The zero-order chi connectivity index (χ0) is 18.2. The van der Waals surface area contributed by atoms with E-state index in [1.54, 1.807) is 12.4 Å². The topological polar surface area (TPSA) is 62.6 Å². The van der Waals surface area contributed by atoms with E-state index in [9.17, 15) is 4.79 Å². The molecule has 0 N–H and O–H groups in total. The molecule has 1 fully saturated rings. The van der Waals surface area contributed by atoms with Crippen LogP contribution in [-0.2, 0) is 14.0 Å². The number of ether oxygens (including phenoxy) is 1. The van der Waals surface area contributed by atoms with Crippen LogP contribution in [0.5, 0.6) is 0 Å². The molecule has 0 amide bonds. The smallest absolute Gasteiger partial charge is 0.442 e. The van der Waals surface area contributed by atoms with Gasteiger partial charge in [-0.15, -0.1) is 0 Å². The zero-order valence-electron chi connectivity index (χ0n) is 15.9. The standard InChI is InChI=1S/C17H29BN2O4/c1-8-9-10-17(7)16(5,6)23-18(24-17)13-11-19-20(12-13)14(21)22-15(2,3)4/h11-12H,8-10H2,1-7H3. The first-order valence-corrected chi connectivity index (χ1v) is 8.61. The molecular formula is C17H29BN2O4. The minimum atomic E-state index is -0.565. The highest BCUT2D eigenvalue weighted by Crippen LogP contribution is 2.40. The molecule has 134 valence electrons. The second-order valence-corrected chi connectivity index (χ2v) is 8.11. The predicted molar refractivity (Wildman–Crippen MR) is 93.4 cm³/mol. The van der Waals surface area contributed by atoms with E-state index in [-0.39, 0.29) is 5.60 Å². The second kappa shape index (κ2) is 6.52. The Morgan fingerprint density at radius 2 is 2.00 bits per heavy atom. The van der Waals surface area contributed by atoms with Crippen LogP contribution >= 0.6 is 0 Å². The number of rotatable bonds is 4. The molecule has 0 aromatic carbocycles. The largest absolute Gasteiger partial charge is 0.498 e. The van der Waals surface area contributed by atoms with Crippen molar-refractivity contribution < 1.29 is 18.8 Å². The number of hydrogen-bond donors (Lipinski definition) is 0.